The Hall–Kier alpha value is -2.67. The van der Waals surface area contributed by atoms with Gasteiger partial charge in [-0.05, 0) is 36.9 Å². The Kier molecular flexibility index (Phi) is 5.41. The van der Waals surface area contributed by atoms with Crippen molar-refractivity contribution in [1.82, 2.24) is 24.5 Å². The Morgan fingerprint density at radius 1 is 1.14 bits per heavy atom. The fourth-order valence-corrected chi connectivity index (χ4v) is 3.77. The summed E-state index contributed by atoms with van der Waals surface area (Å²) < 4.78 is 1.64. The van der Waals surface area contributed by atoms with Gasteiger partial charge in [0, 0.05) is 31.1 Å². The molecule has 0 spiro atoms. The summed E-state index contributed by atoms with van der Waals surface area (Å²) in [5, 5.41) is 6.16. The fraction of sp³-hybridized carbons (Fsp3) is 0.500. The van der Waals surface area contributed by atoms with Crippen molar-refractivity contribution in [2.45, 2.75) is 52.0 Å². The second kappa shape index (κ2) is 7.99. The first-order valence-electron chi connectivity index (χ1n) is 10.4. The molecular formula is C22H30N6O. The maximum absolute atomic E-state index is 11.8. The second-order valence-electron chi connectivity index (χ2n) is 8.86. The van der Waals surface area contributed by atoms with Gasteiger partial charge >= 0.3 is 0 Å². The van der Waals surface area contributed by atoms with E-state index in [9.17, 15) is 4.79 Å². The summed E-state index contributed by atoms with van der Waals surface area (Å²) in [6, 6.07) is 10.3. The molecule has 0 unspecified atom stereocenters. The number of hydrogen-bond acceptors (Lipinski definition) is 5. The van der Waals surface area contributed by atoms with Crippen LogP contribution in [0, 0.1) is 0 Å². The van der Waals surface area contributed by atoms with Crippen molar-refractivity contribution in [3.63, 3.8) is 0 Å². The lowest BCUT2D eigenvalue weighted by molar-refractivity contribution is 0.250. The molecule has 3 heterocycles. The number of unbranched alkanes of at least 4 members (excludes halogenated alkanes) is 1. The molecule has 4 rings (SSSR count). The maximum Gasteiger partial charge on any atom is 0.266 e. The number of nitrogens with zero attached hydrogens (tertiary/aromatic N) is 4. The standard InChI is InChI=1S/C22H30N6O/c1-22(2,3)20-24-18-14-19(29)26-28(18)21(25-20)23-11-6-7-12-27-13-10-16-8-4-5-9-17(16)15-27/h4-5,8-9,14H,6-7,10-13,15H2,1-3H3,(H,26,29)(H,23,24,25). The van der Waals surface area contributed by atoms with E-state index in [4.69, 9.17) is 0 Å². The summed E-state index contributed by atoms with van der Waals surface area (Å²) >= 11 is 0. The average Bonchev–Trinajstić information content (AvgIpc) is 3.07. The minimum absolute atomic E-state index is 0.168. The summed E-state index contributed by atoms with van der Waals surface area (Å²) in [6.45, 7) is 10.3. The number of hydrogen-bond donors (Lipinski definition) is 2. The predicted molar refractivity (Wildman–Crippen MR) is 115 cm³/mol. The predicted octanol–water partition coefficient (Wildman–Crippen LogP) is 2.97. The van der Waals surface area contributed by atoms with Gasteiger partial charge in [0.05, 0.1) is 0 Å². The van der Waals surface area contributed by atoms with Gasteiger partial charge in [0.2, 0.25) is 5.95 Å². The molecule has 0 aliphatic carbocycles. The molecule has 7 nitrogen and oxygen atoms in total. The van der Waals surface area contributed by atoms with E-state index in [1.54, 1.807) is 4.52 Å². The van der Waals surface area contributed by atoms with Gasteiger partial charge in [-0.2, -0.15) is 4.98 Å². The molecule has 0 radical (unpaired) electrons. The molecule has 154 valence electrons. The van der Waals surface area contributed by atoms with Crippen molar-refractivity contribution in [3.8, 4) is 0 Å². The van der Waals surface area contributed by atoms with Crippen LogP contribution < -0.4 is 10.9 Å². The van der Waals surface area contributed by atoms with E-state index in [0.29, 0.717) is 11.6 Å². The molecule has 7 heteroatoms. The maximum atomic E-state index is 11.8. The van der Waals surface area contributed by atoms with Crippen LogP contribution in [-0.2, 0) is 18.4 Å². The van der Waals surface area contributed by atoms with Gasteiger partial charge in [0.1, 0.15) is 5.82 Å². The molecule has 0 amide bonds. The third-order valence-corrected chi connectivity index (χ3v) is 5.42. The summed E-state index contributed by atoms with van der Waals surface area (Å²) in [7, 11) is 0. The molecule has 3 aromatic rings. The van der Waals surface area contributed by atoms with Gasteiger partial charge in [-0.25, -0.2) is 9.50 Å². The minimum Gasteiger partial charge on any atom is -0.354 e. The first kappa shape index (κ1) is 19.6. The van der Waals surface area contributed by atoms with E-state index in [2.05, 4.69) is 70.3 Å². The Labute approximate surface area is 171 Å². The molecule has 0 atom stereocenters. The summed E-state index contributed by atoms with van der Waals surface area (Å²) in [4.78, 5) is 23.5. The third kappa shape index (κ3) is 4.50. The number of H-pyrrole nitrogens is 1. The van der Waals surface area contributed by atoms with E-state index in [-0.39, 0.29) is 11.0 Å². The Morgan fingerprint density at radius 3 is 2.72 bits per heavy atom. The number of nitrogens with one attached hydrogen (secondary N) is 2. The highest BCUT2D eigenvalue weighted by Crippen LogP contribution is 2.21. The molecule has 0 saturated carbocycles. The molecule has 29 heavy (non-hydrogen) atoms. The Balaban J connectivity index is 1.33. The van der Waals surface area contributed by atoms with Crippen molar-refractivity contribution in [3.05, 3.63) is 57.6 Å². The monoisotopic (exact) mass is 394 g/mol. The van der Waals surface area contributed by atoms with Gasteiger partial charge < -0.3 is 5.32 Å². The molecule has 1 aliphatic rings. The number of rotatable bonds is 6. The molecule has 1 aliphatic heterocycles. The van der Waals surface area contributed by atoms with E-state index in [1.807, 2.05) is 0 Å². The zero-order chi connectivity index (χ0) is 20.4. The minimum atomic E-state index is -0.184. The average molecular weight is 395 g/mol. The lowest BCUT2D eigenvalue weighted by atomic mass is 9.96. The Bertz CT molecular complexity index is 1050. The van der Waals surface area contributed by atoms with Crippen molar-refractivity contribution in [1.29, 1.82) is 0 Å². The zero-order valence-corrected chi connectivity index (χ0v) is 17.5. The highest BCUT2D eigenvalue weighted by molar-refractivity contribution is 5.44. The normalized spacial score (nSPS) is 14.9. The van der Waals surface area contributed by atoms with Crippen LogP contribution in [0.25, 0.3) is 5.65 Å². The number of benzene rings is 1. The summed E-state index contributed by atoms with van der Waals surface area (Å²) in [5.41, 5.74) is 3.21. The molecule has 0 bridgehead atoms. The molecule has 1 aromatic carbocycles. The Morgan fingerprint density at radius 2 is 1.93 bits per heavy atom. The van der Waals surface area contributed by atoms with E-state index >= 15 is 0 Å². The molecule has 0 fully saturated rings. The lowest BCUT2D eigenvalue weighted by Crippen LogP contribution is -2.31. The highest BCUT2D eigenvalue weighted by atomic mass is 16.1. The SMILES string of the molecule is CC(C)(C)c1nc(NCCCCN2CCc3ccccc3C2)n2[nH]c(=O)cc2n1. The van der Waals surface area contributed by atoms with Crippen molar-refractivity contribution < 1.29 is 0 Å². The fourth-order valence-electron chi connectivity index (χ4n) is 3.77. The van der Waals surface area contributed by atoms with Gasteiger partial charge in [-0.15, -0.1) is 0 Å². The van der Waals surface area contributed by atoms with Crippen LogP contribution in [0.5, 0.6) is 0 Å². The smallest absolute Gasteiger partial charge is 0.266 e. The number of anilines is 1. The number of aromatic nitrogens is 4. The van der Waals surface area contributed by atoms with Gasteiger partial charge in [0.15, 0.2) is 5.65 Å². The molecular weight excluding hydrogens is 364 g/mol. The van der Waals surface area contributed by atoms with Crippen LogP contribution >= 0.6 is 0 Å². The zero-order valence-electron chi connectivity index (χ0n) is 17.5. The third-order valence-electron chi connectivity index (χ3n) is 5.42. The van der Waals surface area contributed by atoms with Crippen LogP contribution in [0.15, 0.2) is 35.1 Å². The topological polar surface area (TPSA) is 78.3 Å². The first-order valence-corrected chi connectivity index (χ1v) is 10.4. The van der Waals surface area contributed by atoms with Crippen LogP contribution in [0.3, 0.4) is 0 Å². The van der Waals surface area contributed by atoms with Crippen LogP contribution in [0.1, 0.15) is 50.6 Å². The van der Waals surface area contributed by atoms with Crippen LogP contribution in [0.4, 0.5) is 5.95 Å². The number of fused-ring (bicyclic) bond motifs is 2. The van der Waals surface area contributed by atoms with Crippen LogP contribution in [-0.4, -0.2) is 44.1 Å². The van der Waals surface area contributed by atoms with Crippen molar-refractivity contribution in [2.24, 2.45) is 0 Å². The van der Waals surface area contributed by atoms with Crippen LogP contribution in [0.2, 0.25) is 0 Å². The van der Waals surface area contributed by atoms with E-state index in [0.717, 1.165) is 51.3 Å². The molecule has 2 N–H and O–H groups in total. The van der Waals surface area contributed by atoms with Gasteiger partial charge in [0.25, 0.3) is 5.56 Å². The second-order valence-corrected chi connectivity index (χ2v) is 8.86. The lowest BCUT2D eigenvalue weighted by Gasteiger charge is -2.28. The van der Waals surface area contributed by atoms with Crippen molar-refractivity contribution in [2.75, 3.05) is 25.0 Å². The molecule has 2 aromatic heterocycles. The summed E-state index contributed by atoms with van der Waals surface area (Å²) in [5.74, 6) is 1.37. The molecule has 0 saturated heterocycles. The van der Waals surface area contributed by atoms with E-state index < -0.39 is 0 Å². The highest BCUT2D eigenvalue weighted by Gasteiger charge is 2.20. The summed E-state index contributed by atoms with van der Waals surface area (Å²) in [6.07, 6.45) is 3.31. The number of aromatic amines is 1. The van der Waals surface area contributed by atoms with Gasteiger partial charge in [-0.1, -0.05) is 45.0 Å². The largest absolute Gasteiger partial charge is 0.354 e. The van der Waals surface area contributed by atoms with Crippen molar-refractivity contribution >= 4 is 11.6 Å². The van der Waals surface area contributed by atoms with E-state index in [1.165, 1.54) is 17.2 Å². The van der Waals surface area contributed by atoms with Gasteiger partial charge in [-0.3, -0.25) is 14.8 Å². The first-order chi connectivity index (χ1) is 13.9. The quantitative estimate of drug-likeness (QED) is 0.629.